The molecule has 2 rings (SSSR count). The minimum Gasteiger partial charge on any atom is -0.490 e. The van der Waals surface area contributed by atoms with Gasteiger partial charge in [0.1, 0.15) is 5.92 Å². The molecule has 0 radical (unpaired) electrons. The molecule has 0 aliphatic heterocycles. The molecule has 1 unspecified atom stereocenters. The molecule has 2 amide bonds. The molecule has 0 aromatic heterocycles. The topological polar surface area (TPSA) is 89.0 Å². The van der Waals surface area contributed by atoms with Crippen molar-refractivity contribution in [2.24, 2.45) is 11.0 Å². The number of amides is 2. The molecule has 0 aliphatic rings. The molecule has 0 saturated heterocycles. The Labute approximate surface area is 197 Å². The Balaban J connectivity index is 2.02. The van der Waals surface area contributed by atoms with Crippen LogP contribution in [0.1, 0.15) is 26.3 Å². The van der Waals surface area contributed by atoms with Gasteiger partial charge < -0.3 is 14.8 Å². The highest BCUT2D eigenvalue weighted by atomic mass is 127. The molecule has 0 bridgehead atoms. The third-order valence-corrected chi connectivity index (χ3v) is 5.42. The first-order chi connectivity index (χ1) is 14.4. The highest BCUT2D eigenvalue weighted by molar-refractivity contribution is 14.1. The molecule has 0 heterocycles. The first kappa shape index (κ1) is 24.1. The van der Waals surface area contributed by atoms with Crippen molar-refractivity contribution >= 4 is 62.2 Å². The van der Waals surface area contributed by atoms with Crippen LogP contribution in [0.2, 0.25) is 0 Å². The van der Waals surface area contributed by atoms with Crippen LogP contribution in [0, 0.1) is 9.49 Å². The Morgan fingerprint density at radius 1 is 1.17 bits per heavy atom. The summed E-state index contributed by atoms with van der Waals surface area (Å²) in [6.45, 7) is 6.34. The zero-order valence-electron chi connectivity index (χ0n) is 16.9. The molecule has 2 N–H and O–H groups in total. The predicted octanol–water partition coefficient (Wildman–Crippen LogP) is 4.58. The maximum Gasteiger partial charge on any atom is 0.252 e. The van der Waals surface area contributed by atoms with E-state index in [1.54, 1.807) is 24.3 Å². The number of hydrogen-bond acceptors (Lipinski definition) is 5. The molecule has 9 heteroatoms. The number of nitrogens with zero attached hydrogens (tertiary/aromatic N) is 1. The standard InChI is InChI=1S/C21H23BrIN3O4/c1-4-29-18-11-14(10-16(23)19(18)30-5-2)12-24-26-21(28)13(3)20(27)25-17-9-7-6-8-15(17)22/h6-13H,4-5H2,1-3H3,(H,25,27)(H,26,28). The largest absolute Gasteiger partial charge is 0.490 e. The van der Waals surface area contributed by atoms with E-state index in [4.69, 9.17) is 9.47 Å². The van der Waals surface area contributed by atoms with Gasteiger partial charge in [-0.15, -0.1) is 0 Å². The number of carbonyl (C=O) groups excluding carboxylic acids is 2. The van der Waals surface area contributed by atoms with Gasteiger partial charge in [0.05, 0.1) is 28.7 Å². The monoisotopic (exact) mass is 587 g/mol. The fourth-order valence-corrected chi connectivity index (χ4v) is 3.56. The van der Waals surface area contributed by atoms with Crippen molar-refractivity contribution in [2.45, 2.75) is 20.8 Å². The lowest BCUT2D eigenvalue weighted by molar-refractivity contribution is -0.131. The van der Waals surface area contributed by atoms with E-state index in [0.29, 0.717) is 30.4 Å². The second kappa shape index (κ2) is 11.9. The van der Waals surface area contributed by atoms with Gasteiger partial charge in [-0.25, -0.2) is 5.43 Å². The number of hydrogen-bond donors (Lipinski definition) is 2. The van der Waals surface area contributed by atoms with Crippen molar-refractivity contribution in [3.05, 3.63) is 50.0 Å². The van der Waals surface area contributed by atoms with Crippen molar-refractivity contribution in [3.8, 4) is 11.5 Å². The summed E-state index contributed by atoms with van der Waals surface area (Å²) >= 11 is 5.52. The smallest absolute Gasteiger partial charge is 0.252 e. The summed E-state index contributed by atoms with van der Waals surface area (Å²) in [5.41, 5.74) is 3.74. The average Bonchev–Trinajstić information content (AvgIpc) is 2.71. The highest BCUT2D eigenvalue weighted by Crippen LogP contribution is 2.33. The number of para-hydroxylation sites is 1. The molecule has 0 aliphatic carbocycles. The van der Waals surface area contributed by atoms with Gasteiger partial charge in [-0.2, -0.15) is 5.10 Å². The predicted molar refractivity (Wildman–Crippen MR) is 129 cm³/mol. The van der Waals surface area contributed by atoms with Crippen molar-refractivity contribution in [1.29, 1.82) is 0 Å². The molecule has 0 saturated carbocycles. The normalized spacial score (nSPS) is 11.8. The van der Waals surface area contributed by atoms with Crippen molar-refractivity contribution in [2.75, 3.05) is 18.5 Å². The Kier molecular flexibility index (Phi) is 9.57. The number of benzene rings is 2. The van der Waals surface area contributed by atoms with Crippen LogP contribution >= 0.6 is 38.5 Å². The van der Waals surface area contributed by atoms with E-state index in [0.717, 1.165) is 13.6 Å². The number of rotatable bonds is 9. The fourth-order valence-electron chi connectivity index (χ4n) is 2.40. The molecular weight excluding hydrogens is 565 g/mol. The van der Waals surface area contributed by atoms with E-state index >= 15 is 0 Å². The maximum absolute atomic E-state index is 12.3. The summed E-state index contributed by atoms with van der Waals surface area (Å²) in [5, 5.41) is 6.69. The van der Waals surface area contributed by atoms with E-state index < -0.39 is 17.7 Å². The number of ether oxygens (including phenoxy) is 2. The first-order valence-corrected chi connectivity index (χ1v) is 11.2. The van der Waals surface area contributed by atoms with Gasteiger partial charge in [0, 0.05) is 4.47 Å². The molecule has 0 spiro atoms. The maximum atomic E-state index is 12.3. The summed E-state index contributed by atoms with van der Waals surface area (Å²) < 4.78 is 12.9. The van der Waals surface area contributed by atoms with E-state index in [-0.39, 0.29) is 0 Å². The van der Waals surface area contributed by atoms with E-state index in [1.165, 1.54) is 13.1 Å². The quantitative estimate of drug-likeness (QED) is 0.195. The van der Waals surface area contributed by atoms with Gasteiger partial charge >= 0.3 is 0 Å². The second-order valence-corrected chi connectivity index (χ2v) is 8.14. The second-order valence-electron chi connectivity index (χ2n) is 6.12. The van der Waals surface area contributed by atoms with Gasteiger partial charge in [0.25, 0.3) is 5.91 Å². The lowest BCUT2D eigenvalue weighted by Gasteiger charge is -2.13. The molecule has 2 aromatic rings. The van der Waals surface area contributed by atoms with Crippen molar-refractivity contribution < 1.29 is 19.1 Å². The molecular formula is C21H23BrIN3O4. The van der Waals surface area contributed by atoms with Gasteiger partial charge in [-0.1, -0.05) is 12.1 Å². The zero-order chi connectivity index (χ0) is 22.1. The zero-order valence-corrected chi connectivity index (χ0v) is 20.6. The summed E-state index contributed by atoms with van der Waals surface area (Å²) in [7, 11) is 0. The molecule has 7 nitrogen and oxygen atoms in total. The number of nitrogens with one attached hydrogen (secondary N) is 2. The van der Waals surface area contributed by atoms with Crippen molar-refractivity contribution in [1.82, 2.24) is 5.43 Å². The molecule has 1 atom stereocenters. The van der Waals surface area contributed by atoms with Gasteiger partial charge in [0.2, 0.25) is 5.91 Å². The number of anilines is 1. The van der Waals surface area contributed by atoms with E-state index in [2.05, 4.69) is 54.4 Å². The first-order valence-electron chi connectivity index (χ1n) is 9.34. The lowest BCUT2D eigenvalue weighted by Crippen LogP contribution is -2.34. The van der Waals surface area contributed by atoms with Crippen molar-refractivity contribution in [3.63, 3.8) is 0 Å². The average molecular weight is 588 g/mol. The fraction of sp³-hybridized carbons (Fsp3) is 0.286. The van der Waals surface area contributed by atoms with Crippen LogP contribution in [0.15, 0.2) is 46.0 Å². The lowest BCUT2D eigenvalue weighted by atomic mass is 10.1. The van der Waals surface area contributed by atoms with Gasteiger partial charge in [0.15, 0.2) is 11.5 Å². The number of carbonyl (C=O) groups is 2. The van der Waals surface area contributed by atoms with E-state index in [9.17, 15) is 9.59 Å². The Hall–Kier alpha value is -2.14. The minimum atomic E-state index is -0.922. The van der Waals surface area contributed by atoms with Gasteiger partial charge in [-0.3, -0.25) is 9.59 Å². The summed E-state index contributed by atoms with van der Waals surface area (Å²) in [4.78, 5) is 24.6. The molecule has 2 aromatic carbocycles. The highest BCUT2D eigenvalue weighted by Gasteiger charge is 2.21. The van der Waals surface area contributed by atoms with Crippen LogP contribution in [-0.4, -0.2) is 31.2 Å². The minimum absolute atomic E-state index is 0.427. The van der Waals surface area contributed by atoms with Crippen LogP contribution in [0.25, 0.3) is 0 Å². The molecule has 0 fully saturated rings. The van der Waals surface area contributed by atoms with Crippen LogP contribution in [0.4, 0.5) is 5.69 Å². The summed E-state index contributed by atoms with van der Waals surface area (Å²) in [5.74, 6) is -0.572. The van der Waals surface area contributed by atoms with Crippen LogP contribution in [0.5, 0.6) is 11.5 Å². The summed E-state index contributed by atoms with van der Waals surface area (Å²) in [6.07, 6.45) is 1.50. The summed E-state index contributed by atoms with van der Waals surface area (Å²) in [6, 6.07) is 10.8. The Morgan fingerprint density at radius 3 is 2.53 bits per heavy atom. The Morgan fingerprint density at radius 2 is 1.87 bits per heavy atom. The third-order valence-electron chi connectivity index (χ3n) is 3.93. The third kappa shape index (κ3) is 6.69. The Bertz CT molecular complexity index is 936. The molecule has 30 heavy (non-hydrogen) atoms. The van der Waals surface area contributed by atoms with Crippen LogP contribution < -0.4 is 20.2 Å². The van der Waals surface area contributed by atoms with E-state index in [1.807, 2.05) is 26.0 Å². The number of hydrazone groups is 1. The SMILES string of the molecule is CCOc1cc(C=NNC(=O)C(C)C(=O)Nc2ccccc2Br)cc(I)c1OCC. The van der Waals surface area contributed by atoms with Crippen LogP contribution in [-0.2, 0) is 9.59 Å². The van der Waals surface area contributed by atoms with Gasteiger partial charge in [-0.05, 0) is 89.1 Å². The van der Waals surface area contributed by atoms with Crippen LogP contribution in [0.3, 0.4) is 0 Å². The number of halogens is 2. The molecule has 160 valence electrons.